The molecule has 0 heterocycles. The van der Waals surface area contributed by atoms with Crippen molar-refractivity contribution in [2.75, 3.05) is 0 Å². The first-order chi connectivity index (χ1) is 17.1. The third-order valence-electron chi connectivity index (χ3n) is 9.78. The van der Waals surface area contributed by atoms with Gasteiger partial charge in [-0.3, -0.25) is 0 Å². The molecule has 0 unspecified atom stereocenters. The zero-order valence-electron chi connectivity index (χ0n) is 22.1. The summed E-state index contributed by atoms with van der Waals surface area (Å²) in [6, 6.07) is 3.48. The van der Waals surface area contributed by atoms with Gasteiger partial charge in [0, 0.05) is 5.56 Å². The topological polar surface area (TPSA) is 9.23 Å². The summed E-state index contributed by atoms with van der Waals surface area (Å²) in [6.45, 7) is 6.30. The van der Waals surface area contributed by atoms with Crippen molar-refractivity contribution in [3.8, 4) is 0 Å². The zero-order chi connectivity index (χ0) is 24.6. The lowest BCUT2D eigenvalue weighted by Gasteiger charge is -2.41. The monoisotopic (exact) mass is 486 g/mol. The van der Waals surface area contributed by atoms with Crippen LogP contribution >= 0.6 is 0 Å². The highest BCUT2D eigenvalue weighted by atomic mass is 19.2. The first-order valence-electron chi connectivity index (χ1n) is 14.8. The predicted octanol–water partition coefficient (Wildman–Crippen LogP) is 9.57. The summed E-state index contributed by atoms with van der Waals surface area (Å²) in [7, 11) is 0. The molecule has 3 heteroatoms. The minimum Gasteiger partial charge on any atom is -0.373 e. The van der Waals surface area contributed by atoms with E-state index in [0.29, 0.717) is 17.5 Å². The molecule has 0 saturated heterocycles. The number of ether oxygens (including phenoxy) is 1. The Kier molecular flexibility index (Phi) is 10.2. The molecule has 0 amide bonds. The van der Waals surface area contributed by atoms with Crippen LogP contribution in [-0.4, -0.2) is 6.10 Å². The Morgan fingerprint density at radius 1 is 0.743 bits per heavy atom. The van der Waals surface area contributed by atoms with Crippen LogP contribution in [0.25, 0.3) is 0 Å². The SMILES string of the molecule is C=CC1CCC(C2CCC(C3CCC(OCc4ccc(CCCCC)c(F)c4F)CC3)CC2)CC1. The minimum atomic E-state index is -0.706. The van der Waals surface area contributed by atoms with Gasteiger partial charge in [0.15, 0.2) is 11.6 Å². The Labute approximate surface area is 213 Å². The predicted molar refractivity (Wildman–Crippen MR) is 141 cm³/mol. The van der Waals surface area contributed by atoms with E-state index in [2.05, 4.69) is 19.6 Å². The molecule has 35 heavy (non-hydrogen) atoms. The van der Waals surface area contributed by atoms with Crippen molar-refractivity contribution in [2.45, 2.75) is 122 Å². The average molecular weight is 487 g/mol. The van der Waals surface area contributed by atoms with Crippen molar-refractivity contribution in [2.24, 2.45) is 29.6 Å². The molecule has 3 fully saturated rings. The van der Waals surface area contributed by atoms with Crippen LogP contribution in [0.4, 0.5) is 8.78 Å². The fourth-order valence-electron chi connectivity index (χ4n) is 7.37. The summed E-state index contributed by atoms with van der Waals surface area (Å²) in [5.74, 6) is 3.05. The number of hydrogen-bond acceptors (Lipinski definition) is 1. The van der Waals surface area contributed by atoms with Gasteiger partial charge >= 0.3 is 0 Å². The fourth-order valence-corrected chi connectivity index (χ4v) is 7.37. The van der Waals surface area contributed by atoms with Gasteiger partial charge in [0.2, 0.25) is 0 Å². The van der Waals surface area contributed by atoms with E-state index in [4.69, 9.17) is 4.74 Å². The largest absolute Gasteiger partial charge is 0.373 e. The number of halogens is 2. The summed E-state index contributed by atoms with van der Waals surface area (Å²) in [4.78, 5) is 0. The Balaban J connectivity index is 1.16. The Hall–Kier alpha value is -1.22. The van der Waals surface area contributed by atoms with E-state index in [1.807, 2.05) is 0 Å². The number of hydrogen-bond donors (Lipinski definition) is 0. The van der Waals surface area contributed by atoms with E-state index in [1.54, 1.807) is 12.1 Å². The van der Waals surface area contributed by atoms with Crippen LogP contribution in [-0.2, 0) is 17.8 Å². The fraction of sp³-hybridized carbons (Fsp3) is 0.750. The van der Waals surface area contributed by atoms with Gasteiger partial charge in [-0.05, 0) is 125 Å². The second-order valence-corrected chi connectivity index (χ2v) is 11.9. The van der Waals surface area contributed by atoms with Gasteiger partial charge in [0.25, 0.3) is 0 Å². The van der Waals surface area contributed by atoms with Gasteiger partial charge in [-0.1, -0.05) is 38.0 Å². The smallest absolute Gasteiger partial charge is 0.164 e. The maximum atomic E-state index is 14.6. The third kappa shape index (κ3) is 7.18. The van der Waals surface area contributed by atoms with Crippen molar-refractivity contribution in [1.29, 1.82) is 0 Å². The van der Waals surface area contributed by atoms with E-state index in [9.17, 15) is 8.78 Å². The van der Waals surface area contributed by atoms with Gasteiger partial charge in [0.05, 0.1) is 12.7 Å². The quantitative estimate of drug-likeness (QED) is 0.236. The van der Waals surface area contributed by atoms with Crippen molar-refractivity contribution in [3.05, 3.63) is 47.5 Å². The van der Waals surface area contributed by atoms with Crippen molar-refractivity contribution in [1.82, 2.24) is 0 Å². The van der Waals surface area contributed by atoms with Crippen LogP contribution in [0.1, 0.15) is 114 Å². The Bertz CT molecular complexity index is 781. The normalized spacial score (nSPS) is 31.9. The second kappa shape index (κ2) is 13.4. The van der Waals surface area contributed by atoms with Gasteiger partial charge in [0.1, 0.15) is 0 Å². The maximum Gasteiger partial charge on any atom is 0.164 e. The molecular weight excluding hydrogens is 438 g/mol. The molecule has 0 aliphatic heterocycles. The van der Waals surface area contributed by atoms with Gasteiger partial charge in [-0.2, -0.15) is 0 Å². The lowest BCUT2D eigenvalue weighted by molar-refractivity contribution is -0.00516. The third-order valence-corrected chi connectivity index (χ3v) is 9.78. The summed E-state index contributed by atoms with van der Waals surface area (Å²) in [5.41, 5.74) is 0.865. The van der Waals surface area contributed by atoms with E-state index in [-0.39, 0.29) is 12.7 Å². The molecule has 0 atom stereocenters. The summed E-state index contributed by atoms with van der Waals surface area (Å²) in [6.07, 6.45) is 21.9. The molecule has 3 aliphatic rings. The molecule has 1 aromatic carbocycles. The van der Waals surface area contributed by atoms with Crippen molar-refractivity contribution in [3.63, 3.8) is 0 Å². The lowest BCUT2D eigenvalue weighted by Crippen LogP contribution is -2.31. The van der Waals surface area contributed by atoms with Crippen molar-refractivity contribution >= 4 is 0 Å². The standard InChI is InChI=1S/C32H48F2O/c1-3-5-6-7-28-16-17-29(32(34)31(28)33)22-35-30-20-18-27(19-21-30)26-14-12-25(13-15-26)24-10-8-23(4-2)9-11-24/h4,16-17,23-27,30H,2-3,5-15,18-22H2,1H3. The molecule has 3 saturated carbocycles. The number of benzene rings is 1. The molecule has 3 aliphatic carbocycles. The van der Waals surface area contributed by atoms with Crippen LogP contribution in [0, 0.1) is 41.2 Å². The van der Waals surface area contributed by atoms with Crippen LogP contribution in [0.2, 0.25) is 0 Å². The molecule has 0 bridgehead atoms. The number of allylic oxidation sites excluding steroid dienone is 1. The molecule has 0 spiro atoms. The van der Waals surface area contributed by atoms with Crippen molar-refractivity contribution < 1.29 is 13.5 Å². The zero-order valence-corrected chi connectivity index (χ0v) is 22.1. The lowest BCUT2D eigenvalue weighted by atomic mass is 9.65. The molecule has 4 rings (SSSR count). The molecule has 0 N–H and O–H groups in total. The van der Waals surface area contributed by atoms with Crippen LogP contribution < -0.4 is 0 Å². The molecular formula is C32H48F2O. The van der Waals surface area contributed by atoms with Crippen LogP contribution in [0.3, 0.4) is 0 Å². The van der Waals surface area contributed by atoms with E-state index in [1.165, 1.54) is 64.2 Å². The molecule has 196 valence electrons. The van der Waals surface area contributed by atoms with E-state index >= 15 is 0 Å². The van der Waals surface area contributed by atoms with Crippen LogP contribution in [0.5, 0.6) is 0 Å². The average Bonchev–Trinajstić information content (AvgIpc) is 2.91. The van der Waals surface area contributed by atoms with Gasteiger partial charge < -0.3 is 4.74 Å². The Morgan fingerprint density at radius 2 is 1.23 bits per heavy atom. The number of unbranched alkanes of at least 4 members (excludes halogenated alkanes) is 2. The van der Waals surface area contributed by atoms with Crippen LogP contribution in [0.15, 0.2) is 24.8 Å². The number of rotatable bonds is 10. The molecule has 0 radical (unpaired) electrons. The number of aryl methyl sites for hydroxylation is 1. The van der Waals surface area contributed by atoms with Gasteiger partial charge in [-0.15, -0.1) is 6.58 Å². The first-order valence-corrected chi connectivity index (χ1v) is 14.8. The highest BCUT2D eigenvalue weighted by Crippen LogP contribution is 2.45. The maximum absolute atomic E-state index is 14.6. The highest BCUT2D eigenvalue weighted by Gasteiger charge is 2.34. The molecule has 1 aromatic rings. The Morgan fingerprint density at radius 3 is 1.77 bits per heavy atom. The van der Waals surface area contributed by atoms with E-state index in [0.717, 1.165) is 61.7 Å². The summed E-state index contributed by atoms with van der Waals surface area (Å²) in [5, 5.41) is 0. The summed E-state index contributed by atoms with van der Waals surface area (Å²) >= 11 is 0. The van der Waals surface area contributed by atoms with Gasteiger partial charge in [-0.25, -0.2) is 8.78 Å². The summed E-state index contributed by atoms with van der Waals surface area (Å²) < 4.78 is 35.1. The molecule has 0 aromatic heterocycles. The second-order valence-electron chi connectivity index (χ2n) is 11.9. The highest BCUT2D eigenvalue weighted by molar-refractivity contribution is 5.26. The van der Waals surface area contributed by atoms with E-state index < -0.39 is 11.6 Å². The molecule has 1 nitrogen and oxygen atoms in total. The minimum absolute atomic E-state index is 0.187. The first kappa shape index (κ1) is 26.8.